The molecular formula is C29H32F4N8O5S. The predicted octanol–water partition coefficient (Wildman–Crippen LogP) is 2.81. The lowest BCUT2D eigenvalue weighted by atomic mass is 10.1. The first kappa shape index (κ1) is 33.8. The maximum atomic E-state index is 14.1. The zero-order chi connectivity index (χ0) is 34.0. The summed E-state index contributed by atoms with van der Waals surface area (Å²) in [5, 5.41) is 2.83. The number of anilines is 3. The number of hydrogen-bond donors (Lipinski definition) is 2. The number of nitrogens with zero attached hydrogens (tertiary/aromatic N) is 6. The number of aromatic nitrogens is 3. The monoisotopic (exact) mass is 680 g/mol. The number of ether oxygens (including phenoxy) is 1. The molecular weight excluding hydrogens is 648 g/mol. The molecule has 0 atom stereocenters. The first-order valence-electron chi connectivity index (χ1n) is 14.5. The molecule has 252 valence electrons. The van der Waals surface area contributed by atoms with Gasteiger partial charge in [0.25, 0.3) is 11.8 Å². The summed E-state index contributed by atoms with van der Waals surface area (Å²) in [6, 6.07) is 10.6. The van der Waals surface area contributed by atoms with E-state index in [1.807, 2.05) is 0 Å². The van der Waals surface area contributed by atoms with Crippen molar-refractivity contribution in [1.82, 2.24) is 29.5 Å². The van der Waals surface area contributed by atoms with Crippen molar-refractivity contribution < 1.29 is 40.3 Å². The van der Waals surface area contributed by atoms with Gasteiger partial charge in [0, 0.05) is 44.0 Å². The molecule has 18 heteroatoms. The number of alkyl halides is 3. The van der Waals surface area contributed by atoms with Gasteiger partial charge >= 0.3 is 12.2 Å². The molecule has 1 aromatic heterocycles. The van der Waals surface area contributed by atoms with Gasteiger partial charge < -0.3 is 24.8 Å². The molecule has 0 spiro atoms. The van der Waals surface area contributed by atoms with Gasteiger partial charge in [-0.05, 0) is 63.3 Å². The van der Waals surface area contributed by atoms with Gasteiger partial charge in [-0.3, -0.25) is 9.59 Å². The van der Waals surface area contributed by atoms with Gasteiger partial charge in [-0.1, -0.05) is 12.1 Å². The molecule has 1 aliphatic carbocycles. The normalized spacial score (nSPS) is 16.1. The van der Waals surface area contributed by atoms with Crippen molar-refractivity contribution in [3.63, 3.8) is 0 Å². The highest BCUT2D eigenvalue weighted by Crippen LogP contribution is 2.43. The smallest absolute Gasteiger partial charge is 0.422 e. The van der Waals surface area contributed by atoms with Crippen LogP contribution < -0.4 is 19.7 Å². The topological polar surface area (TPSA) is 150 Å². The molecule has 2 aliphatic rings. The van der Waals surface area contributed by atoms with Gasteiger partial charge in [-0.2, -0.15) is 28.1 Å². The number of piperazine rings is 1. The highest BCUT2D eigenvalue weighted by atomic mass is 32.2. The van der Waals surface area contributed by atoms with Crippen LogP contribution in [0.25, 0.3) is 0 Å². The summed E-state index contributed by atoms with van der Waals surface area (Å²) >= 11 is 0. The largest absolute Gasteiger partial charge is 0.454 e. The quantitative estimate of drug-likeness (QED) is 0.288. The number of carbonyl (C=O) groups excluding carboxylic acids is 2. The van der Waals surface area contributed by atoms with Crippen molar-refractivity contribution in [2.75, 3.05) is 63.6 Å². The maximum absolute atomic E-state index is 14.1. The third kappa shape index (κ3) is 8.23. The molecule has 47 heavy (non-hydrogen) atoms. The van der Waals surface area contributed by atoms with Crippen LogP contribution in [0.3, 0.4) is 0 Å². The van der Waals surface area contributed by atoms with Gasteiger partial charge in [0.05, 0.1) is 5.56 Å². The Kier molecular flexibility index (Phi) is 9.53. The highest BCUT2D eigenvalue weighted by molar-refractivity contribution is 7.91. The van der Waals surface area contributed by atoms with Crippen LogP contribution in [0.2, 0.25) is 0 Å². The molecule has 1 saturated heterocycles. The van der Waals surface area contributed by atoms with E-state index in [-0.39, 0.29) is 55.7 Å². The first-order chi connectivity index (χ1) is 22.1. The van der Waals surface area contributed by atoms with Gasteiger partial charge in [0.15, 0.2) is 6.61 Å². The zero-order valence-electron chi connectivity index (χ0n) is 25.4. The van der Waals surface area contributed by atoms with Crippen molar-refractivity contribution in [2.24, 2.45) is 0 Å². The molecule has 2 amide bonds. The minimum Gasteiger partial charge on any atom is -0.454 e. The minimum atomic E-state index is -4.66. The van der Waals surface area contributed by atoms with Gasteiger partial charge in [0.2, 0.25) is 21.9 Å². The Labute approximate surface area is 268 Å². The van der Waals surface area contributed by atoms with Crippen LogP contribution in [-0.2, 0) is 10.0 Å². The van der Waals surface area contributed by atoms with Crippen molar-refractivity contribution >= 4 is 39.4 Å². The van der Waals surface area contributed by atoms with Crippen molar-refractivity contribution in [3.05, 3.63) is 65.5 Å². The zero-order valence-corrected chi connectivity index (χ0v) is 26.2. The number of amides is 2. The van der Waals surface area contributed by atoms with E-state index in [0.29, 0.717) is 18.5 Å². The Morgan fingerprint density at radius 1 is 0.979 bits per heavy atom. The fourth-order valence-corrected chi connectivity index (χ4v) is 6.67. The van der Waals surface area contributed by atoms with Crippen LogP contribution in [0.4, 0.5) is 35.1 Å². The molecule has 2 heterocycles. The number of benzene rings is 2. The van der Waals surface area contributed by atoms with E-state index in [0.717, 1.165) is 0 Å². The molecule has 2 N–H and O–H groups in total. The Bertz CT molecular complexity index is 1730. The Morgan fingerprint density at radius 2 is 1.64 bits per heavy atom. The average Bonchev–Trinajstić information content (AvgIpc) is 3.80. The molecule has 2 fully saturated rings. The SMILES string of the molecule is CN(C)CC1(S(=O)(=O)NC(=O)c2ccc(Nc3nc(OCC(F)(F)F)nc(N4CCN(C(=O)c5ccccc5F)CC4)n3)cc2)CC1. The Balaban J connectivity index is 1.28. The van der Waals surface area contributed by atoms with Crippen LogP contribution in [0.1, 0.15) is 33.6 Å². The van der Waals surface area contributed by atoms with E-state index in [4.69, 9.17) is 4.74 Å². The summed E-state index contributed by atoms with van der Waals surface area (Å²) in [7, 11) is -0.426. The summed E-state index contributed by atoms with van der Waals surface area (Å²) in [5.74, 6) is -2.14. The third-order valence-corrected chi connectivity index (χ3v) is 9.67. The highest BCUT2D eigenvalue weighted by Gasteiger charge is 2.55. The van der Waals surface area contributed by atoms with Crippen molar-refractivity contribution in [2.45, 2.75) is 23.8 Å². The molecule has 1 aliphatic heterocycles. The van der Waals surface area contributed by atoms with Crippen LogP contribution in [-0.4, -0.2) is 109 Å². The molecule has 2 aromatic carbocycles. The molecule has 0 bridgehead atoms. The standard InChI is InChI=1S/C29H32F4N8O5S/c1-39(2)17-28(11-12-28)47(44,45)38-23(42)19-7-9-20(10-8-19)34-25-35-26(37-27(36-25)46-18-29(31,32)33)41-15-13-40(14-16-41)24(43)21-5-3-4-6-22(21)30/h3-10H,11-18H2,1-2H3,(H,38,42)(H,34,35,36,37). The van der Waals surface area contributed by atoms with Gasteiger partial charge in [-0.15, -0.1) is 0 Å². The van der Waals surface area contributed by atoms with Crippen molar-refractivity contribution in [1.29, 1.82) is 0 Å². The molecule has 0 unspecified atom stereocenters. The lowest BCUT2D eigenvalue weighted by molar-refractivity contribution is -0.154. The fourth-order valence-electron chi connectivity index (χ4n) is 5.02. The predicted molar refractivity (Wildman–Crippen MR) is 163 cm³/mol. The van der Waals surface area contributed by atoms with Crippen LogP contribution in [0.5, 0.6) is 6.01 Å². The van der Waals surface area contributed by atoms with E-state index in [2.05, 4.69) is 25.0 Å². The lowest BCUT2D eigenvalue weighted by Crippen LogP contribution is -2.49. The molecule has 5 rings (SSSR count). The number of sulfonamides is 1. The van der Waals surface area contributed by atoms with Crippen LogP contribution in [0.15, 0.2) is 48.5 Å². The molecule has 0 radical (unpaired) electrons. The molecule has 1 saturated carbocycles. The third-order valence-electron chi connectivity index (χ3n) is 7.53. The maximum Gasteiger partial charge on any atom is 0.422 e. The summed E-state index contributed by atoms with van der Waals surface area (Å²) in [5.41, 5.74) is 0.319. The van der Waals surface area contributed by atoms with E-state index in [1.165, 1.54) is 47.4 Å². The number of nitrogens with one attached hydrogen (secondary N) is 2. The Hall–Kier alpha value is -4.58. The van der Waals surface area contributed by atoms with Gasteiger partial charge in [-0.25, -0.2) is 17.5 Å². The minimum absolute atomic E-state index is 0.0226. The number of halogens is 4. The van der Waals surface area contributed by atoms with Crippen molar-refractivity contribution in [3.8, 4) is 6.01 Å². The second-order valence-electron chi connectivity index (χ2n) is 11.5. The van der Waals surface area contributed by atoms with E-state index in [1.54, 1.807) is 30.0 Å². The van der Waals surface area contributed by atoms with Gasteiger partial charge in [0.1, 0.15) is 10.6 Å². The summed E-state index contributed by atoms with van der Waals surface area (Å²) in [6.45, 7) is -0.673. The van der Waals surface area contributed by atoms with E-state index >= 15 is 0 Å². The summed E-state index contributed by atoms with van der Waals surface area (Å²) in [6.07, 6.45) is -3.77. The van der Waals surface area contributed by atoms with Crippen LogP contribution >= 0.6 is 0 Å². The molecule has 3 aromatic rings. The fraction of sp³-hybridized carbons (Fsp3) is 0.414. The average molecular weight is 681 g/mol. The number of hydrogen-bond acceptors (Lipinski definition) is 11. The van der Waals surface area contributed by atoms with Crippen LogP contribution in [0, 0.1) is 5.82 Å². The second-order valence-corrected chi connectivity index (χ2v) is 13.5. The molecule has 13 nitrogen and oxygen atoms in total. The summed E-state index contributed by atoms with van der Waals surface area (Å²) in [4.78, 5) is 42.6. The Morgan fingerprint density at radius 3 is 2.23 bits per heavy atom. The lowest BCUT2D eigenvalue weighted by Gasteiger charge is -2.34. The number of carbonyl (C=O) groups is 2. The summed E-state index contributed by atoms with van der Waals surface area (Å²) < 4.78 is 84.5. The second kappa shape index (κ2) is 13.3. The van der Waals surface area contributed by atoms with E-state index in [9.17, 15) is 35.6 Å². The first-order valence-corrected chi connectivity index (χ1v) is 16.0. The van der Waals surface area contributed by atoms with E-state index < -0.39 is 51.2 Å². The number of rotatable bonds is 11.